The Morgan fingerprint density at radius 3 is 2.39 bits per heavy atom. The quantitative estimate of drug-likeness (QED) is 0.544. The molecule has 0 aliphatic heterocycles. The van der Waals surface area contributed by atoms with Crippen molar-refractivity contribution in [3.05, 3.63) is 65.7 Å². The number of methoxy groups -OCH3 is 1. The van der Waals surface area contributed by atoms with Gasteiger partial charge < -0.3 is 15.0 Å². The van der Waals surface area contributed by atoms with Crippen molar-refractivity contribution in [1.29, 1.82) is 0 Å². The minimum absolute atomic E-state index is 0.0278. The Morgan fingerprint density at radius 1 is 1.06 bits per heavy atom. The lowest BCUT2D eigenvalue weighted by Gasteiger charge is -2.31. The lowest BCUT2D eigenvalue weighted by atomic mass is 10.1. The van der Waals surface area contributed by atoms with Crippen molar-refractivity contribution in [3.8, 4) is 5.75 Å². The van der Waals surface area contributed by atoms with Crippen LogP contribution in [0.15, 0.2) is 54.6 Å². The van der Waals surface area contributed by atoms with Crippen molar-refractivity contribution in [2.45, 2.75) is 58.0 Å². The van der Waals surface area contributed by atoms with Crippen LogP contribution >= 0.6 is 11.8 Å². The van der Waals surface area contributed by atoms with Crippen LogP contribution in [-0.2, 0) is 21.9 Å². The average Bonchev–Trinajstić information content (AvgIpc) is 2.74. The van der Waals surface area contributed by atoms with Gasteiger partial charge in [0.05, 0.1) is 7.11 Å². The number of thioether (sulfide) groups is 1. The smallest absolute Gasteiger partial charge is 0.242 e. The van der Waals surface area contributed by atoms with Gasteiger partial charge in [-0.2, -0.15) is 11.8 Å². The van der Waals surface area contributed by atoms with E-state index in [2.05, 4.69) is 17.4 Å². The summed E-state index contributed by atoms with van der Waals surface area (Å²) in [5.41, 5.74) is 1.81. The zero-order valence-corrected chi connectivity index (χ0v) is 20.0. The van der Waals surface area contributed by atoms with E-state index in [9.17, 15) is 9.59 Å². The zero-order valence-electron chi connectivity index (χ0n) is 19.2. The summed E-state index contributed by atoms with van der Waals surface area (Å²) in [6, 6.07) is 17.2. The number of hydrogen-bond donors (Lipinski definition) is 1. The van der Waals surface area contributed by atoms with Gasteiger partial charge in [-0.25, -0.2) is 0 Å². The number of benzene rings is 2. The third kappa shape index (κ3) is 8.66. The first kappa shape index (κ1) is 24.8. The first-order chi connectivity index (χ1) is 14.7. The molecule has 31 heavy (non-hydrogen) atoms. The maximum atomic E-state index is 13.1. The van der Waals surface area contributed by atoms with Crippen molar-refractivity contribution in [2.24, 2.45) is 0 Å². The average molecular weight is 443 g/mol. The monoisotopic (exact) mass is 442 g/mol. The molecule has 0 saturated heterocycles. The largest absolute Gasteiger partial charge is 0.497 e. The molecule has 0 unspecified atom stereocenters. The van der Waals surface area contributed by atoms with Crippen molar-refractivity contribution in [2.75, 3.05) is 12.9 Å². The third-order valence-electron chi connectivity index (χ3n) is 4.72. The Balaban J connectivity index is 2.05. The van der Waals surface area contributed by atoms with Crippen molar-refractivity contribution in [3.63, 3.8) is 0 Å². The molecular weight excluding hydrogens is 408 g/mol. The highest BCUT2D eigenvalue weighted by Crippen LogP contribution is 2.19. The third-order valence-corrected chi connectivity index (χ3v) is 5.75. The number of rotatable bonds is 10. The lowest BCUT2D eigenvalue weighted by molar-refractivity contribution is -0.140. The molecule has 0 aliphatic carbocycles. The molecule has 0 bridgehead atoms. The van der Waals surface area contributed by atoms with E-state index in [1.807, 2.05) is 63.2 Å². The molecule has 2 aromatic rings. The zero-order chi connectivity index (χ0) is 22.9. The van der Waals surface area contributed by atoms with Gasteiger partial charge in [0.1, 0.15) is 11.8 Å². The van der Waals surface area contributed by atoms with Crippen molar-refractivity contribution < 1.29 is 14.3 Å². The van der Waals surface area contributed by atoms with E-state index in [0.29, 0.717) is 18.7 Å². The summed E-state index contributed by atoms with van der Waals surface area (Å²) < 4.78 is 5.31. The van der Waals surface area contributed by atoms with Crippen LogP contribution in [0, 0.1) is 0 Å². The van der Waals surface area contributed by atoms with Crippen LogP contribution in [0.1, 0.15) is 45.2 Å². The van der Waals surface area contributed by atoms with Crippen LogP contribution in [-0.4, -0.2) is 41.2 Å². The fourth-order valence-electron chi connectivity index (χ4n) is 3.09. The standard InChI is InChI=1S/C25H34N2O3S/c1-19(24(29)26-25(2,3)4)27(17-21-12-9-13-22(16-21)30-5)23(28)14-15-31-18-20-10-7-6-8-11-20/h6-13,16,19H,14-15,17-18H2,1-5H3,(H,26,29)/t19-/m1/s1. The highest BCUT2D eigenvalue weighted by molar-refractivity contribution is 7.98. The minimum Gasteiger partial charge on any atom is -0.497 e. The van der Waals surface area contributed by atoms with Gasteiger partial charge in [-0.15, -0.1) is 0 Å². The van der Waals surface area contributed by atoms with E-state index in [4.69, 9.17) is 4.74 Å². The number of ether oxygens (including phenoxy) is 1. The van der Waals surface area contributed by atoms with Gasteiger partial charge >= 0.3 is 0 Å². The minimum atomic E-state index is -0.572. The molecule has 168 valence electrons. The second-order valence-electron chi connectivity index (χ2n) is 8.58. The van der Waals surface area contributed by atoms with Crippen molar-refractivity contribution in [1.82, 2.24) is 10.2 Å². The summed E-state index contributed by atoms with van der Waals surface area (Å²) in [7, 11) is 1.62. The maximum Gasteiger partial charge on any atom is 0.242 e. The molecule has 6 heteroatoms. The number of nitrogens with zero attached hydrogens (tertiary/aromatic N) is 1. The van der Waals surface area contributed by atoms with Crippen LogP contribution in [0.5, 0.6) is 5.75 Å². The SMILES string of the molecule is COc1cccc(CN(C(=O)CCSCc2ccccc2)[C@H](C)C(=O)NC(C)(C)C)c1. The summed E-state index contributed by atoms with van der Waals surface area (Å²) in [5, 5.41) is 2.99. The molecule has 0 heterocycles. The number of amides is 2. The predicted molar refractivity (Wildman–Crippen MR) is 128 cm³/mol. The fraction of sp³-hybridized carbons (Fsp3) is 0.440. The van der Waals surface area contributed by atoms with Crippen LogP contribution in [0.4, 0.5) is 0 Å². The summed E-state index contributed by atoms with van der Waals surface area (Å²) in [6.45, 7) is 7.96. The molecule has 2 rings (SSSR count). The molecular formula is C25H34N2O3S. The van der Waals surface area contributed by atoms with Crippen LogP contribution < -0.4 is 10.1 Å². The van der Waals surface area contributed by atoms with Gasteiger partial charge in [0.25, 0.3) is 0 Å². The first-order valence-corrected chi connectivity index (χ1v) is 11.7. The van der Waals surface area contributed by atoms with Crippen LogP contribution in [0.25, 0.3) is 0 Å². The molecule has 0 aromatic heterocycles. The van der Waals surface area contributed by atoms with Gasteiger partial charge in [0.2, 0.25) is 11.8 Å². The fourth-order valence-corrected chi connectivity index (χ4v) is 3.98. The van der Waals surface area contributed by atoms with Crippen LogP contribution in [0.2, 0.25) is 0 Å². The highest BCUT2D eigenvalue weighted by Gasteiger charge is 2.28. The second-order valence-corrected chi connectivity index (χ2v) is 9.68. The maximum absolute atomic E-state index is 13.1. The van der Waals surface area contributed by atoms with Gasteiger partial charge in [0.15, 0.2) is 0 Å². The summed E-state index contributed by atoms with van der Waals surface area (Å²) >= 11 is 1.73. The summed E-state index contributed by atoms with van der Waals surface area (Å²) in [5.74, 6) is 2.12. The molecule has 0 aliphatic rings. The lowest BCUT2D eigenvalue weighted by Crippen LogP contribution is -2.52. The molecule has 0 radical (unpaired) electrons. The number of carbonyl (C=O) groups excluding carboxylic acids is 2. The van der Waals surface area contributed by atoms with Gasteiger partial charge in [-0.1, -0.05) is 42.5 Å². The van der Waals surface area contributed by atoms with Gasteiger partial charge in [0, 0.05) is 30.0 Å². The van der Waals surface area contributed by atoms with E-state index in [0.717, 1.165) is 17.1 Å². The van der Waals surface area contributed by atoms with E-state index >= 15 is 0 Å². The predicted octanol–water partition coefficient (Wildman–Crippen LogP) is 4.65. The van der Waals surface area contributed by atoms with Crippen LogP contribution in [0.3, 0.4) is 0 Å². The molecule has 2 amide bonds. The first-order valence-electron chi connectivity index (χ1n) is 10.6. The van der Waals surface area contributed by atoms with Gasteiger partial charge in [-0.05, 0) is 51.0 Å². The highest BCUT2D eigenvalue weighted by atomic mass is 32.2. The van der Waals surface area contributed by atoms with E-state index < -0.39 is 6.04 Å². The number of carbonyl (C=O) groups is 2. The molecule has 5 nitrogen and oxygen atoms in total. The van der Waals surface area contributed by atoms with E-state index in [1.165, 1.54) is 5.56 Å². The molecule has 1 atom stereocenters. The normalized spacial score (nSPS) is 12.2. The summed E-state index contributed by atoms with van der Waals surface area (Å²) in [6.07, 6.45) is 0.384. The van der Waals surface area contributed by atoms with Crippen molar-refractivity contribution >= 4 is 23.6 Å². The molecule has 2 aromatic carbocycles. The Morgan fingerprint density at radius 2 is 1.74 bits per heavy atom. The Hall–Kier alpha value is -2.47. The van der Waals surface area contributed by atoms with Gasteiger partial charge in [-0.3, -0.25) is 9.59 Å². The molecule has 0 fully saturated rings. The Kier molecular flexibility index (Phi) is 9.44. The van der Waals surface area contributed by atoms with E-state index in [-0.39, 0.29) is 17.4 Å². The van der Waals surface area contributed by atoms with E-state index in [1.54, 1.807) is 30.7 Å². The molecule has 0 spiro atoms. The molecule has 0 saturated carbocycles. The molecule has 1 N–H and O–H groups in total. The Labute approximate surface area is 190 Å². The Bertz CT molecular complexity index is 849. The number of hydrogen-bond acceptors (Lipinski definition) is 4. The summed E-state index contributed by atoms with van der Waals surface area (Å²) in [4.78, 5) is 27.6. The second kappa shape index (κ2) is 11.8. The topological polar surface area (TPSA) is 58.6 Å². The number of nitrogens with one attached hydrogen (secondary N) is 1.